The lowest BCUT2D eigenvalue weighted by Crippen LogP contribution is -2.38. The fraction of sp³-hybridized carbons (Fsp3) is 0.263. The van der Waals surface area contributed by atoms with Gasteiger partial charge in [0.25, 0.3) is 5.91 Å². The monoisotopic (exact) mass is 361 g/mol. The third kappa shape index (κ3) is 2.61. The lowest BCUT2D eigenvalue weighted by atomic mass is 9.92. The molecule has 1 aliphatic heterocycles. The third-order valence-electron chi connectivity index (χ3n) is 5.10. The predicted molar refractivity (Wildman–Crippen MR) is 99.2 cm³/mol. The van der Waals surface area contributed by atoms with E-state index in [2.05, 4.69) is 25.0 Å². The van der Waals surface area contributed by atoms with Crippen LogP contribution in [-0.2, 0) is 13.6 Å². The Morgan fingerprint density at radius 1 is 1.33 bits per heavy atom. The number of aryl methyl sites for hydroxylation is 2. The van der Waals surface area contributed by atoms with Crippen LogP contribution in [0.2, 0.25) is 0 Å². The minimum atomic E-state index is -0.00158. The molecule has 3 aromatic heterocycles. The van der Waals surface area contributed by atoms with Crippen molar-refractivity contribution in [2.45, 2.75) is 19.4 Å². The molecule has 0 radical (unpaired) electrons. The quantitative estimate of drug-likeness (QED) is 0.572. The van der Waals surface area contributed by atoms with E-state index in [1.807, 2.05) is 49.5 Å². The first-order chi connectivity index (χ1) is 13.1. The van der Waals surface area contributed by atoms with Crippen LogP contribution in [0.5, 0.6) is 0 Å². The highest BCUT2D eigenvalue weighted by Crippen LogP contribution is 2.32. The van der Waals surface area contributed by atoms with Gasteiger partial charge in [0, 0.05) is 36.8 Å². The van der Waals surface area contributed by atoms with Crippen LogP contribution in [0.25, 0.3) is 11.0 Å². The van der Waals surface area contributed by atoms with E-state index in [1.165, 1.54) is 0 Å². The van der Waals surface area contributed by atoms with Gasteiger partial charge >= 0.3 is 0 Å². The summed E-state index contributed by atoms with van der Waals surface area (Å²) in [6.07, 6.45) is 5.52. The van der Waals surface area contributed by atoms with Crippen molar-refractivity contribution in [2.75, 3.05) is 6.54 Å². The molecule has 27 heavy (non-hydrogen) atoms. The molecule has 1 atom stereocenters. The summed E-state index contributed by atoms with van der Waals surface area (Å²) >= 11 is 0. The summed E-state index contributed by atoms with van der Waals surface area (Å²) in [7, 11) is 1.89. The van der Waals surface area contributed by atoms with Crippen molar-refractivity contribution in [3.8, 4) is 0 Å². The number of aromatic amines is 2. The van der Waals surface area contributed by atoms with E-state index in [0.29, 0.717) is 18.7 Å². The summed E-state index contributed by atoms with van der Waals surface area (Å²) in [5, 5.41) is 4.28. The van der Waals surface area contributed by atoms with Gasteiger partial charge in [0.05, 0.1) is 41.5 Å². The van der Waals surface area contributed by atoms with E-state index < -0.39 is 0 Å². The number of amides is 1. The van der Waals surface area contributed by atoms with E-state index >= 15 is 0 Å². The van der Waals surface area contributed by atoms with Gasteiger partial charge in [-0.1, -0.05) is 0 Å². The Kier molecular flexibility index (Phi) is 3.40. The second-order valence-corrected chi connectivity index (χ2v) is 7.01. The number of benzene rings is 1. The van der Waals surface area contributed by atoms with Crippen molar-refractivity contribution in [3.63, 3.8) is 0 Å². The number of hydrogen-bond donors (Lipinski definition) is 2. The summed E-state index contributed by atoms with van der Waals surface area (Å²) in [6, 6.07) is 5.60. The lowest BCUT2D eigenvalue weighted by molar-refractivity contribution is 0.0722. The van der Waals surface area contributed by atoms with Crippen molar-refractivity contribution < 1.29 is 4.79 Å². The molecule has 1 aromatic carbocycles. The van der Waals surface area contributed by atoms with Crippen LogP contribution in [0.1, 0.15) is 39.1 Å². The Bertz CT molecular complexity index is 1150. The second-order valence-electron chi connectivity index (χ2n) is 7.01. The fourth-order valence-electron chi connectivity index (χ4n) is 3.81. The standard InChI is InChI=1S/C19H19N7O/c1-11-23-15-4-3-12(5-16(15)24-11)19(27)26-8-14(13-6-22-25(2)7-13)18-17(9-26)20-10-21-18/h3-7,10,14H,8-9H2,1-2H3,(H,20,21)(H,23,24). The number of carbonyl (C=O) groups excluding carboxylic acids is 1. The predicted octanol–water partition coefficient (Wildman–Crippen LogP) is 2.12. The molecule has 0 bridgehead atoms. The molecule has 1 amide bonds. The van der Waals surface area contributed by atoms with Crippen LogP contribution in [0.15, 0.2) is 36.9 Å². The van der Waals surface area contributed by atoms with Gasteiger partial charge in [-0.25, -0.2) is 9.97 Å². The van der Waals surface area contributed by atoms with E-state index in [4.69, 9.17) is 0 Å². The zero-order chi connectivity index (χ0) is 18.5. The van der Waals surface area contributed by atoms with Crippen LogP contribution in [-0.4, -0.2) is 47.1 Å². The van der Waals surface area contributed by atoms with Gasteiger partial charge in [0.15, 0.2) is 0 Å². The number of rotatable bonds is 2. The molecule has 136 valence electrons. The van der Waals surface area contributed by atoms with Crippen LogP contribution in [0, 0.1) is 6.92 Å². The molecule has 0 aliphatic carbocycles. The Hall–Kier alpha value is -3.42. The molecule has 0 saturated carbocycles. The molecule has 8 heteroatoms. The Morgan fingerprint density at radius 2 is 2.22 bits per heavy atom. The van der Waals surface area contributed by atoms with Gasteiger partial charge < -0.3 is 14.9 Å². The topological polar surface area (TPSA) is 95.5 Å². The number of H-pyrrole nitrogens is 2. The first-order valence-electron chi connectivity index (χ1n) is 8.85. The highest BCUT2D eigenvalue weighted by Gasteiger charge is 2.32. The molecule has 1 aliphatic rings. The molecule has 2 N–H and O–H groups in total. The number of hydrogen-bond acceptors (Lipinski definition) is 4. The molecule has 1 unspecified atom stereocenters. The Morgan fingerprint density at radius 3 is 3.04 bits per heavy atom. The van der Waals surface area contributed by atoms with E-state index in [1.54, 1.807) is 11.0 Å². The van der Waals surface area contributed by atoms with E-state index in [9.17, 15) is 4.79 Å². The number of nitrogens with zero attached hydrogens (tertiary/aromatic N) is 5. The van der Waals surface area contributed by atoms with Crippen molar-refractivity contribution in [3.05, 3.63) is 65.3 Å². The van der Waals surface area contributed by atoms with Crippen molar-refractivity contribution >= 4 is 16.9 Å². The molecule has 8 nitrogen and oxygen atoms in total. The van der Waals surface area contributed by atoms with Gasteiger partial charge in [-0.3, -0.25) is 9.48 Å². The highest BCUT2D eigenvalue weighted by molar-refractivity contribution is 5.97. The van der Waals surface area contributed by atoms with Gasteiger partial charge in [0.2, 0.25) is 0 Å². The maximum Gasteiger partial charge on any atom is 0.254 e. The summed E-state index contributed by atoms with van der Waals surface area (Å²) in [5.74, 6) is 0.848. The largest absolute Gasteiger partial charge is 0.347 e. The molecular weight excluding hydrogens is 342 g/mol. The number of aromatic nitrogens is 6. The molecule has 0 saturated heterocycles. The summed E-state index contributed by atoms with van der Waals surface area (Å²) in [4.78, 5) is 30.3. The normalized spacial score (nSPS) is 16.7. The van der Waals surface area contributed by atoms with Crippen molar-refractivity contribution in [1.82, 2.24) is 34.6 Å². The maximum absolute atomic E-state index is 13.2. The maximum atomic E-state index is 13.2. The Labute approximate surface area is 155 Å². The average Bonchev–Trinajstić information content (AvgIpc) is 3.37. The van der Waals surface area contributed by atoms with E-state index in [-0.39, 0.29) is 11.8 Å². The van der Waals surface area contributed by atoms with Crippen LogP contribution in [0.4, 0.5) is 0 Å². The number of nitrogens with one attached hydrogen (secondary N) is 2. The van der Waals surface area contributed by atoms with Crippen LogP contribution >= 0.6 is 0 Å². The van der Waals surface area contributed by atoms with E-state index in [0.717, 1.165) is 33.8 Å². The van der Waals surface area contributed by atoms with Crippen LogP contribution in [0.3, 0.4) is 0 Å². The second kappa shape index (κ2) is 5.80. The smallest absolute Gasteiger partial charge is 0.254 e. The molecule has 0 fully saturated rings. The third-order valence-corrected chi connectivity index (χ3v) is 5.10. The zero-order valence-corrected chi connectivity index (χ0v) is 15.1. The van der Waals surface area contributed by atoms with Gasteiger partial charge in [-0.2, -0.15) is 5.10 Å². The van der Waals surface area contributed by atoms with Gasteiger partial charge in [0.1, 0.15) is 5.82 Å². The molecule has 0 spiro atoms. The van der Waals surface area contributed by atoms with Crippen molar-refractivity contribution in [2.24, 2.45) is 7.05 Å². The van der Waals surface area contributed by atoms with Crippen molar-refractivity contribution in [1.29, 1.82) is 0 Å². The van der Waals surface area contributed by atoms with Gasteiger partial charge in [-0.15, -0.1) is 0 Å². The summed E-state index contributed by atoms with van der Waals surface area (Å²) in [6.45, 7) is 3.00. The first-order valence-corrected chi connectivity index (χ1v) is 8.85. The first kappa shape index (κ1) is 15.8. The van der Waals surface area contributed by atoms with Gasteiger partial charge in [-0.05, 0) is 25.1 Å². The summed E-state index contributed by atoms with van der Waals surface area (Å²) < 4.78 is 1.77. The molecule has 5 rings (SSSR count). The highest BCUT2D eigenvalue weighted by atomic mass is 16.2. The number of fused-ring (bicyclic) bond motifs is 2. The zero-order valence-electron chi connectivity index (χ0n) is 15.1. The minimum absolute atomic E-state index is 0.00158. The minimum Gasteiger partial charge on any atom is -0.347 e. The van der Waals surface area contributed by atoms with Crippen LogP contribution < -0.4 is 0 Å². The number of carbonyl (C=O) groups is 1. The fourth-order valence-corrected chi connectivity index (χ4v) is 3.81. The Balaban J connectivity index is 1.50. The molecule has 4 aromatic rings. The summed E-state index contributed by atoms with van der Waals surface area (Å²) in [5.41, 5.74) is 5.42. The number of imidazole rings is 2. The SMILES string of the molecule is Cc1nc2ccc(C(=O)N3Cc4[nH]cnc4C(c4cnn(C)c4)C3)cc2[nH]1. The molecular formula is C19H19N7O. The molecule has 4 heterocycles. The average molecular weight is 361 g/mol. The lowest BCUT2D eigenvalue weighted by Gasteiger charge is -2.31.